The molecule has 0 aliphatic rings. The van der Waals surface area contributed by atoms with Gasteiger partial charge >= 0.3 is 0 Å². The van der Waals surface area contributed by atoms with Gasteiger partial charge < -0.3 is 5.32 Å². The van der Waals surface area contributed by atoms with Crippen molar-refractivity contribution in [3.05, 3.63) is 42.9 Å². The van der Waals surface area contributed by atoms with Gasteiger partial charge in [0.2, 0.25) is 10.0 Å². The molecule has 2 heterocycles. The Balaban J connectivity index is 2.20. The van der Waals surface area contributed by atoms with E-state index in [1.807, 2.05) is 0 Å². The summed E-state index contributed by atoms with van der Waals surface area (Å²) in [5, 5.41) is 3.05. The van der Waals surface area contributed by atoms with Crippen LogP contribution in [-0.4, -0.2) is 36.8 Å². The van der Waals surface area contributed by atoms with Gasteiger partial charge in [0.25, 0.3) is 0 Å². The first-order chi connectivity index (χ1) is 9.00. The molecule has 2 aromatic heterocycles. The highest BCUT2D eigenvalue weighted by atomic mass is 32.2. The number of nitrogens with zero attached hydrogens (tertiary/aromatic N) is 3. The van der Waals surface area contributed by atoms with E-state index in [-0.39, 0.29) is 4.90 Å². The van der Waals surface area contributed by atoms with Crippen molar-refractivity contribution < 1.29 is 8.42 Å². The minimum atomic E-state index is -3.43. The zero-order valence-electron chi connectivity index (χ0n) is 10.6. The van der Waals surface area contributed by atoms with Crippen molar-refractivity contribution in [1.29, 1.82) is 0 Å². The summed E-state index contributed by atoms with van der Waals surface area (Å²) in [4.78, 5) is 8.16. The fraction of sp³-hybridized carbons (Fsp3) is 0.167. The molecule has 0 aromatic carbocycles. The molecule has 0 saturated heterocycles. The second-order valence-corrected chi connectivity index (χ2v) is 6.18. The number of nitrogens with one attached hydrogen (secondary N) is 1. The van der Waals surface area contributed by atoms with Crippen LogP contribution >= 0.6 is 0 Å². The van der Waals surface area contributed by atoms with Gasteiger partial charge in [-0.2, -0.15) is 0 Å². The van der Waals surface area contributed by atoms with E-state index in [0.717, 1.165) is 9.99 Å². The molecule has 0 spiro atoms. The average molecular weight is 278 g/mol. The van der Waals surface area contributed by atoms with Crippen LogP contribution in [0.5, 0.6) is 0 Å². The van der Waals surface area contributed by atoms with Crippen molar-refractivity contribution in [2.24, 2.45) is 0 Å². The number of hydrogen-bond acceptors (Lipinski definition) is 5. The van der Waals surface area contributed by atoms with E-state index >= 15 is 0 Å². The Morgan fingerprint density at radius 3 is 2.32 bits per heavy atom. The Kier molecular flexibility index (Phi) is 3.77. The second kappa shape index (κ2) is 5.33. The summed E-state index contributed by atoms with van der Waals surface area (Å²) in [7, 11) is -0.464. The second-order valence-electron chi connectivity index (χ2n) is 4.03. The summed E-state index contributed by atoms with van der Waals surface area (Å²) in [6, 6.07) is 6.74. The van der Waals surface area contributed by atoms with Gasteiger partial charge in [-0.25, -0.2) is 17.7 Å². The first kappa shape index (κ1) is 13.4. The molecule has 2 aromatic rings. The lowest BCUT2D eigenvalue weighted by Gasteiger charge is -2.11. The molecule has 0 fully saturated rings. The van der Waals surface area contributed by atoms with E-state index in [0.29, 0.717) is 5.82 Å². The highest BCUT2D eigenvalue weighted by molar-refractivity contribution is 7.89. The highest BCUT2D eigenvalue weighted by Gasteiger charge is 2.17. The molecule has 0 aliphatic heterocycles. The van der Waals surface area contributed by atoms with Crippen LogP contribution in [0.2, 0.25) is 0 Å². The summed E-state index contributed by atoms with van der Waals surface area (Å²) in [6.45, 7) is 0. The van der Waals surface area contributed by atoms with Gasteiger partial charge in [0, 0.05) is 38.4 Å². The maximum Gasteiger partial charge on any atom is 0.244 e. The SMILES string of the molecule is CN(C)S(=O)(=O)c1ccc(Nc2ccncc2)nc1. The monoisotopic (exact) mass is 278 g/mol. The van der Waals surface area contributed by atoms with E-state index in [2.05, 4.69) is 15.3 Å². The summed E-state index contributed by atoms with van der Waals surface area (Å²) < 4.78 is 24.9. The molecule has 7 heteroatoms. The highest BCUT2D eigenvalue weighted by Crippen LogP contribution is 2.16. The van der Waals surface area contributed by atoms with Crippen LogP contribution < -0.4 is 5.32 Å². The molecule has 100 valence electrons. The van der Waals surface area contributed by atoms with Crippen LogP contribution in [-0.2, 0) is 10.0 Å². The Labute approximate surface area is 112 Å². The molecular formula is C12H14N4O2S. The van der Waals surface area contributed by atoms with Crippen molar-refractivity contribution in [2.75, 3.05) is 19.4 Å². The molecule has 2 rings (SSSR count). The van der Waals surface area contributed by atoms with E-state index in [1.54, 1.807) is 30.6 Å². The van der Waals surface area contributed by atoms with Gasteiger partial charge in [-0.15, -0.1) is 0 Å². The van der Waals surface area contributed by atoms with Crippen molar-refractivity contribution >= 4 is 21.5 Å². The Morgan fingerprint density at radius 2 is 1.79 bits per heavy atom. The first-order valence-electron chi connectivity index (χ1n) is 5.56. The van der Waals surface area contributed by atoms with Gasteiger partial charge in [-0.1, -0.05) is 0 Å². The minimum absolute atomic E-state index is 0.165. The fourth-order valence-corrected chi connectivity index (χ4v) is 2.25. The average Bonchev–Trinajstić information content (AvgIpc) is 2.40. The molecule has 0 radical (unpaired) electrons. The van der Waals surface area contributed by atoms with E-state index in [4.69, 9.17) is 0 Å². The third kappa shape index (κ3) is 3.07. The number of aromatic nitrogens is 2. The first-order valence-corrected chi connectivity index (χ1v) is 7.00. The molecule has 19 heavy (non-hydrogen) atoms. The minimum Gasteiger partial charge on any atom is -0.340 e. The van der Waals surface area contributed by atoms with Crippen LogP contribution in [0.3, 0.4) is 0 Å². The maximum absolute atomic E-state index is 11.9. The molecular weight excluding hydrogens is 264 g/mol. The van der Waals surface area contributed by atoms with E-state index < -0.39 is 10.0 Å². The maximum atomic E-state index is 11.9. The number of sulfonamides is 1. The lowest BCUT2D eigenvalue weighted by atomic mass is 10.4. The molecule has 0 aliphatic carbocycles. The fourth-order valence-electron chi connectivity index (χ4n) is 1.40. The quantitative estimate of drug-likeness (QED) is 0.916. The molecule has 0 unspecified atom stereocenters. The summed E-state index contributed by atoms with van der Waals surface area (Å²) in [5.74, 6) is 0.573. The van der Waals surface area contributed by atoms with Crippen LogP contribution in [0, 0.1) is 0 Å². The van der Waals surface area contributed by atoms with Crippen molar-refractivity contribution in [2.45, 2.75) is 4.90 Å². The molecule has 6 nitrogen and oxygen atoms in total. The third-order valence-electron chi connectivity index (χ3n) is 2.47. The molecule has 1 N–H and O–H groups in total. The van der Waals surface area contributed by atoms with Gasteiger partial charge in [0.1, 0.15) is 10.7 Å². The van der Waals surface area contributed by atoms with Gasteiger partial charge in [-0.3, -0.25) is 4.98 Å². The van der Waals surface area contributed by atoms with Crippen LogP contribution in [0.25, 0.3) is 0 Å². The topological polar surface area (TPSA) is 75.2 Å². The van der Waals surface area contributed by atoms with E-state index in [1.165, 1.54) is 26.4 Å². The molecule has 0 saturated carbocycles. The zero-order chi connectivity index (χ0) is 13.9. The van der Waals surface area contributed by atoms with Crippen LogP contribution in [0.4, 0.5) is 11.5 Å². The van der Waals surface area contributed by atoms with E-state index in [9.17, 15) is 8.42 Å². The standard InChI is InChI=1S/C12H14N4O2S/c1-16(2)19(17,18)11-3-4-12(14-9-11)15-10-5-7-13-8-6-10/h3-9H,1-2H3,(H,13,14,15). The Morgan fingerprint density at radius 1 is 1.11 bits per heavy atom. The zero-order valence-corrected chi connectivity index (χ0v) is 11.4. The summed E-state index contributed by atoms with van der Waals surface area (Å²) in [5.41, 5.74) is 0.839. The number of pyridine rings is 2. The number of anilines is 2. The summed E-state index contributed by atoms with van der Waals surface area (Å²) in [6.07, 6.45) is 4.65. The van der Waals surface area contributed by atoms with Gasteiger partial charge in [0.05, 0.1) is 0 Å². The van der Waals surface area contributed by atoms with Crippen LogP contribution in [0.15, 0.2) is 47.8 Å². The normalized spacial score (nSPS) is 11.5. The van der Waals surface area contributed by atoms with Crippen molar-refractivity contribution in [3.8, 4) is 0 Å². The van der Waals surface area contributed by atoms with Crippen LogP contribution in [0.1, 0.15) is 0 Å². The number of hydrogen-bond donors (Lipinski definition) is 1. The predicted octanol–water partition coefficient (Wildman–Crippen LogP) is 1.47. The van der Waals surface area contributed by atoms with Crippen molar-refractivity contribution in [3.63, 3.8) is 0 Å². The summed E-state index contributed by atoms with van der Waals surface area (Å²) >= 11 is 0. The lowest BCUT2D eigenvalue weighted by Crippen LogP contribution is -2.22. The largest absolute Gasteiger partial charge is 0.340 e. The lowest BCUT2D eigenvalue weighted by molar-refractivity contribution is 0.520. The molecule has 0 amide bonds. The predicted molar refractivity (Wildman–Crippen MR) is 72.6 cm³/mol. The molecule has 0 atom stereocenters. The van der Waals surface area contributed by atoms with Gasteiger partial charge in [0.15, 0.2) is 0 Å². The molecule has 0 bridgehead atoms. The smallest absolute Gasteiger partial charge is 0.244 e. The Bertz CT molecular complexity index is 639. The number of rotatable bonds is 4. The van der Waals surface area contributed by atoms with Gasteiger partial charge in [-0.05, 0) is 24.3 Å². The Hall–Kier alpha value is -1.99. The third-order valence-corrected chi connectivity index (χ3v) is 4.27. The van der Waals surface area contributed by atoms with Crippen molar-refractivity contribution in [1.82, 2.24) is 14.3 Å².